The topological polar surface area (TPSA) is 20.7 Å². The number of benzene rings is 2. The third-order valence-electron chi connectivity index (χ3n) is 3.84. The SMILES string of the molecule is Cn1cc(-c2cccc3[nH]ccc23)c2cc(Br)ccc21. The van der Waals surface area contributed by atoms with Gasteiger partial charge in [-0.25, -0.2) is 0 Å². The fourth-order valence-corrected chi connectivity index (χ4v) is 3.26. The van der Waals surface area contributed by atoms with Crippen LogP contribution in [0.1, 0.15) is 0 Å². The van der Waals surface area contributed by atoms with Gasteiger partial charge in [-0.2, -0.15) is 0 Å². The standard InChI is InChI=1S/C17H13BrN2/c1-20-10-15(14-9-11(18)5-6-17(14)20)12-3-2-4-16-13(12)7-8-19-16/h2-10,19H,1H3. The molecule has 3 heteroatoms. The van der Waals surface area contributed by atoms with Gasteiger partial charge in [0.15, 0.2) is 0 Å². The predicted octanol–water partition coefficient (Wildman–Crippen LogP) is 5.09. The lowest BCUT2D eigenvalue weighted by Gasteiger charge is -2.02. The summed E-state index contributed by atoms with van der Waals surface area (Å²) in [5.41, 5.74) is 4.96. The van der Waals surface area contributed by atoms with E-state index in [9.17, 15) is 0 Å². The first-order chi connectivity index (χ1) is 9.74. The van der Waals surface area contributed by atoms with E-state index < -0.39 is 0 Å². The van der Waals surface area contributed by atoms with Crippen LogP contribution in [-0.2, 0) is 7.05 Å². The molecular formula is C17H13BrN2. The van der Waals surface area contributed by atoms with Gasteiger partial charge in [-0.15, -0.1) is 0 Å². The number of H-pyrrole nitrogens is 1. The molecule has 0 fully saturated rings. The number of fused-ring (bicyclic) bond motifs is 2. The van der Waals surface area contributed by atoms with E-state index in [1.54, 1.807) is 0 Å². The van der Waals surface area contributed by atoms with Gasteiger partial charge >= 0.3 is 0 Å². The molecule has 0 radical (unpaired) electrons. The summed E-state index contributed by atoms with van der Waals surface area (Å²) >= 11 is 3.58. The summed E-state index contributed by atoms with van der Waals surface area (Å²) in [4.78, 5) is 3.28. The lowest BCUT2D eigenvalue weighted by molar-refractivity contribution is 0.970. The number of nitrogens with one attached hydrogen (secondary N) is 1. The smallest absolute Gasteiger partial charge is 0.0484 e. The molecule has 0 spiro atoms. The van der Waals surface area contributed by atoms with E-state index in [1.165, 1.54) is 32.9 Å². The molecule has 1 N–H and O–H groups in total. The first-order valence-electron chi connectivity index (χ1n) is 6.55. The van der Waals surface area contributed by atoms with Crippen molar-refractivity contribution in [3.8, 4) is 11.1 Å². The Hall–Kier alpha value is -2.00. The summed E-state index contributed by atoms with van der Waals surface area (Å²) < 4.78 is 3.29. The lowest BCUT2D eigenvalue weighted by atomic mass is 10.0. The van der Waals surface area contributed by atoms with Crippen LogP contribution in [0.3, 0.4) is 0 Å². The van der Waals surface area contributed by atoms with Crippen LogP contribution in [0.15, 0.2) is 59.3 Å². The quantitative estimate of drug-likeness (QED) is 0.503. The summed E-state index contributed by atoms with van der Waals surface area (Å²) in [7, 11) is 2.09. The molecular weight excluding hydrogens is 312 g/mol. The number of aromatic nitrogens is 2. The molecule has 98 valence electrons. The highest BCUT2D eigenvalue weighted by Gasteiger charge is 2.11. The molecule has 0 bridgehead atoms. The Morgan fingerprint density at radius 2 is 1.90 bits per heavy atom. The monoisotopic (exact) mass is 324 g/mol. The zero-order valence-electron chi connectivity index (χ0n) is 11.0. The molecule has 2 nitrogen and oxygen atoms in total. The molecule has 2 aromatic carbocycles. The summed E-state index contributed by atoms with van der Waals surface area (Å²) in [6, 6.07) is 15.0. The molecule has 0 aliphatic rings. The molecule has 2 heterocycles. The first-order valence-corrected chi connectivity index (χ1v) is 7.34. The van der Waals surface area contributed by atoms with Gasteiger partial charge in [0.2, 0.25) is 0 Å². The number of hydrogen-bond acceptors (Lipinski definition) is 0. The number of nitrogens with zero attached hydrogens (tertiary/aromatic N) is 1. The van der Waals surface area contributed by atoms with E-state index in [1.807, 2.05) is 6.20 Å². The lowest BCUT2D eigenvalue weighted by Crippen LogP contribution is -1.82. The van der Waals surface area contributed by atoms with Crippen molar-refractivity contribution in [2.45, 2.75) is 0 Å². The molecule has 0 aliphatic heterocycles. The molecule has 0 unspecified atom stereocenters. The molecule has 0 aliphatic carbocycles. The Bertz CT molecular complexity index is 931. The number of aromatic amines is 1. The van der Waals surface area contributed by atoms with Crippen LogP contribution in [-0.4, -0.2) is 9.55 Å². The third-order valence-corrected chi connectivity index (χ3v) is 4.33. The van der Waals surface area contributed by atoms with E-state index in [-0.39, 0.29) is 0 Å². The Morgan fingerprint density at radius 1 is 1.00 bits per heavy atom. The minimum Gasteiger partial charge on any atom is -0.361 e. The second-order valence-electron chi connectivity index (χ2n) is 5.06. The van der Waals surface area contributed by atoms with Crippen LogP contribution in [0.2, 0.25) is 0 Å². The molecule has 0 atom stereocenters. The summed E-state index contributed by atoms with van der Waals surface area (Å²) in [5, 5.41) is 2.54. The fourth-order valence-electron chi connectivity index (χ4n) is 2.90. The number of hydrogen-bond donors (Lipinski definition) is 1. The van der Waals surface area contributed by atoms with Crippen molar-refractivity contribution in [1.29, 1.82) is 0 Å². The first kappa shape index (κ1) is 11.8. The molecule has 4 rings (SSSR count). The molecule has 0 saturated heterocycles. The maximum atomic E-state index is 3.58. The molecule has 0 saturated carbocycles. The van der Waals surface area contributed by atoms with E-state index in [4.69, 9.17) is 0 Å². The number of rotatable bonds is 1. The van der Waals surface area contributed by atoms with Gasteiger partial charge < -0.3 is 9.55 Å². The molecule has 4 aromatic rings. The minimum atomic E-state index is 1.11. The largest absolute Gasteiger partial charge is 0.361 e. The van der Waals surface area contributed by atoms with E-state index in [2.05, 4.69) is 81.2 Å². The second-order valence-corrected chi connectivity index (χ2v) is 5.98. The Morgan fingerprint density at radius 3 is 2.80 bits per heavy atom. The maximum Gasteiger partial charge on any atom is 0.0484 e. The van der Waals surface area contributed by atoms with Gasteiger partial charge in [0.1, 0.15) is 0 Å². The van der Waals surface area contributed by atoms with E-state index >= 15 is 0 Å². The highest BCUT2D eigenvalue weighted by molar-refractivity contribution is 9.10. The Kier molecular flexibility index (Phi) is 2.51. The van der Waals surface area contributed by atoms with Crippen LogP contribution in [0.5, 0.6) is 0 Å². The van der Waals surface area contributed by atoms with Gasteiger partial charge in [0, 0.05) is 51.3 Å². The highest BCUT2D eigenvalue weighted by atomic mass is 79.9. The predicted molar refractivity (Wildman–Crippen MR) is 87.9 cm³/mol. The summed E-state index contributed by atoms with van der Waals surface area (Å²) in [5.74, 6) is 0. The van der Waals surface area contributed by atoms with Gasteiger partial charge in [0.05, 0.1) is 0 Å². The number of halogens is 1. The Balaban J connectivity index is 2.12. The van der Waals surface area contributed by atoms with E-state index in [0.29, 0.717) is 0 Å². The molecule has 20 heavy (non-hydrogen) atoms. The fraction of sp³-hybridized carbons (Fsp3) is 0.0588. The number of aryl methyl sites for hydroxylation is 1. The minimum absolute atomic E-state index is 1.11. The van der Waals surface area contributed by atoms with E-state index in [0.717, 1.165) is 4.47 Å². The molecule has 0 amide bonds. The normalized spacial score (nSPS) is 11.5. The van der Waals surface area contributed by atoms with Crippen LogP contribution in [0.25, 0.3) is 32.9 Å². The average Bonchev–Trinajstić information content (AvgIpc) is 3.03. The van der Waals surface area contributed by atoms with Crippen molar-refractivity contribution in [1.82, 2.24) is 9.55 Å². The summed E-state index contributed by atoms with van der Waals surface area (Å²) in [6.07, 6.45) is 4.20. The summed E-state index contributed by atoms with van der Waals surface area (Å²) in [6.45, 7) is 0. The third kappa shape index (κ3) is 1.63. The van der Waals surface area contributed by atoms with Crippen molar-refractivity contribution in [3.05, 3.63) is 59.3 Å². The van der Waals surface area contributed by atoms with Crippen LogP contribution < -0.4 is 0 Å². The van der Waals surface area contributed by atoms with Gasteiger partial charge in [-0.1, -0.05) is 28.1 Å². The van der Waals surface area contributed by atoms with Crippen molar-refractivity contribution in [2.75, 3.05) is 0 Å². The Labute approximate surface area is 125 Å². The molecule has 2 aromatic heterocycles. The van der Waals surface area contributed by atoms with Crippen LogP contribution in [0.4, 0.5) is 0 Å². The van der Waals surface area contributed by atoms with Crippen LogP contribution in [0, 0.1) is 0 Å². The van der Waals surface area contributed by atoms with Crippen molar-refractivity contribution >= 4 is 37.7 Å². The zero-order valence-corrected chi connectivity index (χ0v) is 12.6. The average molecular weight is 325 g/mol. The van der Waals surface area contributed by atoms with Gasteiger partial charge in [0.25, 0.3) is 0 Å². The van der Waals surface area contributed by atoms with Crippen molar-refractivity contribution in [2.24, 2.45) is 7.05 Å². The second kappa shape index (κ2) is 4.25. The van der Waals surface area contributed by atoms with Gasteiger partial charge in [-0.3, -0.25) is 0 Å². The van der Waals surface area contributed by atoms with Crippen LogP contribution >= 0.6 is 15.9 Å². The van der Waals surface area contributed by atoms with Gasteiger partial charge in [-0.05, 0) is 35.9 Å². The highest BCUT2D eigenvalue weighted by Crippen LogP contribution is 2.35. The van der Waals surface area contributed by atoms with Crippen molar-refractivity contribution in [3.63, 3.8) is 0 Å². The van der Waals surface area contributed by atoms with Crippen molar-refractivity contribution < 1.29 is 0 Å². The zero-order chi connectivity index (χ0) is 13.7. The maximum absolute atomic E-state index is 3.58.